The molecule has 84 valence electrons. The molecule has 0 spiro atoms. The number of aromatic amines is 1. The maximum atomic E-state index is 11.1. The Balaban J connectivity index is 2.72. The average Bonchev–Trinajstić information content (AvgIpc) is 2.67. The number of ether oxygens (including phenoxy) is 1. The molecule has 0 saturated heterocycles. The second kappa shape index (κ2) is 5.53. The van der Waals surface area contributed by atoms with E-state index in [2.05, 4.69) is 28.8 Å². The second-order valence-corrected chi connectivity index (χ2v) is 3.41. The number of hydrogen-bond donors (Lipinski definition) is 1. The van der Waals surface area contributed by atoms with Crippen LogP contribution in [0, 0.1) is 0 Å². The number of methoxy groups -OCH3 is 1. The molecule has 0 bridgehead atoms. The van der Waals surface area contributed by atoms with Crippen LogP contribution in [0.4, 0.5) is 0 Å². The van der Waals surface area contributed by atoms with E-state index in [0.717, 1.165) is 30.7 Å². The van der Waals surface area contributed by atoms with Gasteiger partial charge in [0.1, 0.15) is 0 Å². The van der Waals surface area contributed by atoms with Crippen molar-refractivity contribution in [2.75, 3.05) is 7.11 Å². The molecule has 15 heavy (non-hydrogen) atoms. The topological polar surface area (TPSA) is 55.0 Å². The van der Waals surface area contributed by atoms with Crippen LogP contribution >= 0.6 is 0 Å². The average molecular weight is 210 g/mol. The van der Waals surface area contributed by atoms with Crippen molar-refractivity contribution in [3.8, 4) is 0 Å². The molecule has 0 aliphatic rings. The fourth-order valence-electron chi connectivity index (χ4n) is 1.65. The first-order chi connectivity index (χ1) is 7.22. The number of carbonyl (C=O) groups excluding carboxylic acids is 1. The Hall–Kier alpha value is -1.32. The minimum atomic E-state index is -0.166. The molecule has 0 aliphatic heterocycles. The molecule has 1 aromatic rings. The van der Waals surface area contributed by atoms with Gasteiger partial charge in [0.25, 0.3) is 0 Å². The molecular weight excluding hydrogens is 192 g/mol. The van der Waals surface area contributed by atoms with Crippen molar-refractivity contribution in [3.05, 3.63) is 17.0 Å². The van der Waals surface area contributed by atoms with E-state index >= 15 is 0 Å². The molecule has 0 radical (unpaired) electrons. The summed E-state index contributed by atoms with van der Waals surface area (Å²) in [7, 11) is 1.42. The molecule has 0 atom stereocenters. The van der Waals surface area contributed by atoms with E-state index < -0.39 is 0 Å². The van der Waals surface area contributed by atoms with Crippen molar-refractivity contribution >= 4 is 5.97 Å². The van der Waals surface area contributed by atoms with Crippen LogP contribution in [0.1, 0.15) is 37.2 Å². The van der Waals surface area contributed by atoms with Gasteiger partial charge in [-0.25, -0.2) is 0 Å². The van der Waals surface area contributed by atoms with Gasteiger partial charge in [0, 0.05) is 12.1 Å². The van der Waals surface area contributed by atoms with Crippen LogP contribution in [0.15, 0.2) is 0 Å². The van der Waals surface area contributed by atoms with Crippen LogP contribution in [0.25, 0.3) is 0 Å². The van der Waals surface area contributed by atoms with Crippen molar-refractivity contribution in [1.82, 2.24) is 10.2 Å². The van der Waals surface area contributed by atoms with E-state index in [1.54, 1.807) is 0 Å². The van der Waals surface area contributed by atoms with Gasteiger partial charge in [0.05, 0.1) is 12.8 Å². The highest BCUT2D eigenvalue weighted by atomic mass is 16.5. The Morgan fingerprint density at radius 2 is 2.13 bits per heavy atom. The highest BCUT2D eigenvalue weighted by Gasteiger charge is 2.12. The van der Waals surface area contributed by atoms with Gasteiger partial charge in [-0.1, -0.05) is 13.8 Å². The minimum absolute atomic E-state index is 0.166. The highest BCUT2D eigenvalue weighted by molar-refractivity contribution is 5.69. The molecule has 0 saturated carbocycles. The van der Waals surface area contributed by atoms with Gasteiger partial charge in [0.2, 0.25) is 0 Å². The summed E-state index contributed by atoms with van der Waals surface area (Å²) in [5.41, 5.74) is 3.39. The number of carbonyl (C=O) groups is 1. The third kappa shape index (κ3) is 2.81. The van der Waals surface area contributed by atoms with Crippen molar-refractivity contribution in [1.29, 1.82) is 0 Å². The maximum Gasteiger partial charge on any atom is 0.305 e. The molecule has 0 aliphatic carbocycles. The Kier molecular flexibility index (Phi) is 4.34. The lowest BCUT2D eigenvalue weighted by molar-refractivity contribution is -0.140. The minimum Gasteiger partial charge on any atom is -0.469 e. The smallest absolute Gasteiger partial charge is 0.305 e. The summed E-state index contributed by atoms with van der Waals surface area (Å²) in [6.45, 7) is 4.14. The van der Waals surface area contributed by atoms with Crippen LogP contribution in [-0.2, 0) is 28.8 Å². The Bertz CT molecular complexity index is 310. The van der Waals surface area contributed by atoms with Gasteiger partial charge in [-0.2, -0.15) is 5.10 Å². The predicted molar refractivity (Wildman–Crippen MR) is 57.7 cm³/mol. The highest BCUT2D eigenvalue weighted by Crippen LogP contribution is 2.15. The van der Waals surface area contributed by atoms with Gasteiger partial charge >= 0.3 is 5.97 Å². The molecule has 4 nitrogen and oxygen atoms in total. The Labute approximate surface area is 90.0 Å². The van der Waals surface area contributed by atoms with Crippen molar-refractivity contribution in [2.45, 2.75) is 39.5 Å². The molecule has 1 heterocycles. The monoisotopic (exact) mass is 210 g/mol. The molecule has 0 amide bonds. The molecular formula is C11H18N2O2. The summed E-state index contributed by atoms with van der Waals surface area (Å²) in [5, 5.41) is 7.25. The van der Waals surface area contributed by atoms with Gasteiger partial charge in [-0.05, 0) is 24.8 Å². The molecule has 1 rings (SSSR count). The summed E-state index contributed by atoms with van der Waals surface area (Å²) in [4.78, 5) is 11.1. The molecule has 0 unspecified atom stereocenters. The van der Waals surface area contributed by atoms with Crippen molar-refractivity contribution in [2.24, 2.45) is 0 Å². The normalized spacial score (nSPS) is 10.3. The Morgan fingerprint density at radius 3 is 2.67 bits per heavy atom. The zero-order valence-electron chi connectivity index (χ0n) is 9.59. The standard InChI is InChI=1S/C11H18N2O2/c1-4-9-8(6-7-11(14)15-3)10(5-2)13-12-9/h4-7H2,1-3H3,(H,12,13). The molecule has 1 N–H and O–H groups in total. The SMILES string of the molecule is CCc1n[nH]c(CC)c1CCC(=O)OC. The van der Waals surface area contributed by atoms with Crippen LogP contribution in [0.3, 0.4) is 0 Å². The summed E-state index contributed by atoms with van der Waals surface area (Å²) < 4.78 is 4.63. The zero-order chi connectivity index (χ0) is 11.3. The maximum absolute atomic E-state index is 11.1. The first kappa shape index (κ1) is 11.8. The fraction of sp³-hybridized carbons (Fsp3) is 0.636. The van der Waals surface area contributed by atoms with E-state index in [9.17, 15) is 4.79 Å². The number of hydrogen-bond acceptors (Lipinski definition) is 3. The largest absolute Gasteiger partial charge is 0.469 e. The molecule has 0 fully saturated rings. The van der Waals surface area contributed by atoms with Gasteiger partial charge in [-0.3, -0.25) is 9.89 Å². The van der Waals surface area contributed by atoms with Gasteiger partial charge in [0.15, 0.2) is 0 Å². The molecule has 4 heteroatoms. The van der Waals surface area contributed by atoms with E-state index in [0.29, 0.717) is 6.42 Å². The number of nitrogens with zero attached hydrogens (tertiary/aromatic N) is 1. The quantitative estimate of drug-likeness (QED) is 0.752. The van der Waals surface area contributed by atoms with Gasteiger partial charge < -0.3 is 4.74 Å². The lowest BCUT2D eigenvalue weighted by Gasteiger charge is -2.02. The number of esters is 1. The van der Waals surface area contributed by atoms with E-state index in [-0.39, 0.29) is 5.97 Å². The van der Waals surface area contributed by atoms with Crippen LogP contribution < -0.4 is 0 Å². The number of nitrogens with one attached hydrogen (secondary N) is 1. The summed E-state index contributed by atoms with van der Waals surface area (Å²) in [6.07, 6.45) is 2.96. The van der Waals surface area contributed by atoms with Crippen LogP contribution in [0.2, 0.25) is 0 Å². The van der Waals surface area contributed by atoms with Crippen LogP contribution in [0.5, 0.6) is 0 Å². The summed E-state index contributed by atoms with van der Waals surface area (Å²) in [6, 6.07) is 0. The number of aromatic nitrogens is 2. The third-order valence-electron chi connectivity index (χ3n) is 2.53. The summed E-state index contributed by atoms with van der Waals surface area (Å²) in [5.74, 6) is -0.166. The van der Waals surface area contributed by atoms with E-state index in [1.807, 2.05) is 0 Å². The van der Waals surface area contributed by atoms with Crippen molar-refractivity contribution in [3.63, 3.8) is 0 Å². The number of rotatable bonds is 5. The first-order valence-electron chi connectivity index (χ1n) is 5.34. The zero-order valence-corrected chi connectivity index (χ0v) is 9.59. The van der Waals surface area contributed by atoms with Crippen LogP contribution in [-0.4, -0.2) is 23.3 Å². The number of H-pyrrole nitrogens is 1. The lowest BCUT2D eigenvalue weighted by atomic mass is 10.0. The molecule has 1 aromatic heterocycles. The molecule has 0 aromatic carbocycles. The predicted octanol–water partition coefficient (Wildman–Crippen LogP) is 1.64. The second-order valence-electron chi connectivity index (χ2n) is 3.41. The van der Waals surface area contributed by atoms with Crippen molar-refractivity contribution < 1.29 is 9.53 Å². The third-order valence-corrected chi connectivity index (χ3v) is 2.53. The Morgan fingerprint density at radius 1 is 1.40 bits per heavy atom. The lowest BCUT2D eigenvalue weighted by Crippen LogP contribution is -2.04. The summed E-state index contributed by atoms with van der Waals surface area (Å²) >= 11 is 0. The first-order valence-corrected chi connectivity index (χ1v) is 5.34. The number of aryl methyl sites for hydroxylation is 2. The fourth-order valence-corrected chi connectivity index (χ4v) is 1.65. The van der Waals surface area contributed by atoms with E-state index in [4.69, 9.17) is 0 Å². The van der Waals surface area contributed by atoms with Gasteiger partial charge in [-0.15, -0.1) is 0 Å². The van der Waals surface area contributed by atoms with E-state index in [1.165, 1.54) is 12.7 Å².